The molecular formula is C17H26O3. The maximum absolute atomic E-state index is 12.5. The number of carbonyl (C=O) groups is 1. The lowest BCUT2D eigenvalue weighted by atomic mass is 9.42. The van der Waals surface area contributed by atoms with Crippen LogP contribution in [0.25, 0.3) is 0 Å². The molecule has 0 aromatic carbocycles. The minimum Gasteiger partial charge on any atom is -0.386 e. The highest BCUT2D eigenvalue weighted by molar-refractivity contribution is 5.93. The second kappa shape index (κ2) is 3.49. The molecule has 4 rings (SSSR count). The summed E-state index contributed by atoms with van der Waals surface area (Å²) in [5.41, 5.74) is -2.06. The summed E-state index contributed by atoms with van der Waals surface area (Å²) in [7, 11) is 0. The van der Waals surface area contributed by atoms with Crippen LogP contribution in [0.4, 0.5) is 0 Å². The summed E-state index contributed by atoms with van der Waals surface area (Å²) in [6.07, 6.45) is 3.57. The van der Waals surface area contributed by atoms with Gasteiger partial charge in [-0.1, -0.05) is 27.2 Å². The minimum absolute atomic E-state index is 0.0462. The Balaban J connectivity index is 1.82. The van der Waals surface area contributed by atoms with E-state index in [-0.39, 0.29) is 11.7 Å². The summed E-state index contributed by atoms with van der Waals surface area (Å²) >= 11 is 0. The molecule has 20 heavy (non-hydrogen) atoms. The van der Waals surface area contributed by atoms with Crippen molar-refractivity contribution in [3.8, 4) is 0 Å². The van der Waals surface area contributed by atoms with Gasteiger partial charge in [0.2, 0.25) is 0 Å². The first-order chi connectivity index (χ1) is 9.26. The molecule has 3 nitrogen and oxygen atoms in total. The number of ether oxygens (including phenoxy) is 1. The van der Waals surface area contributed by atoms with Crippen LogP contribution in [0, 0.1) is 29.6 Å². The van der Waals surface area contributed by atoms with Crippen LogP contribution in [-0.4, -0.2) is 27.7 Å². The number of hydrogen-bond donors (Lipinski definition) is 1. The number of rotatable bonds is 2. The Kier molecular flexibility index (Phi) is 2.32. The zero-order valence-electron chi connectivity index (χ0n) is 13.0. The molecular weight excluding hydrogens is 252 g/mol. The van der Waals surface area contributed by atoms with E-state index in [1.54, 1.807) is 0 Å². The van der Waals surface area contributed by atoms with Crippen LogP contribution in [-0.2, 0) is 9.53 Å². The molecule has 0 spiro atoms. The smallest absolute Gasteiger partial charge is 0.167 e. The maximum Gasteiger partial charge on any atom is 0.167 e. The van der Waals surface area contributed by atoms with Crippen molar-refractivity contribution in [3.05, 3.63) is 0 Å². The number of ketones is 1. The number of aliphatic hydroxyl groups is 1. The van der Waals surface area contributed by atoms with Gasteiger partial charge in [0.05, 0.1) is 0 Å². The van der Waals surface area contributed by atoms with Crippen LogP contribution in [0.5, 0.6) is 0 Å². The predicted octanol–water partition coefficient (Wildman–Crippen LogP) is 2.56. The molecule has 7 atom stereocenters. The number of hydrogen-bond acceptors (Lipinski definition) is 3. The Bertz CT molecular complexity index is 487. The fourth-order valence-electron chi connectivity index (χ4n) is 6.53. The summed E-state index contributed by atoms with van der Waals surface area (Å²) in [6.45, 7) is 8.52. The minimum atomic E-state index is -0.749. The van der Waals surface area contributed by atoms with E-state index in [9.17, 15) is 9.90 Å². The number of Topliss-reactive ketones (excluding diaryl/α,β-unsaturated/α-hetero) is 1. The highest BCUT2D eigenvalue weighted by Gasteiger charge is 2.86. The van der Waals surface area contributed by atoms with Crippen molar-refractivity contribution in [2.45, 2.75) is 70.2 Å². The lowest BCUT2D eigenvalue weighted by Crippen LogP contribution is -2.74. The van der Waals surface area contributed by atoms with Gasteiger partial charge in [-0.05, 0) is 43.4 Å². The van der Waals surface area contributed by atoms with E-state index < -0.39 is 16.8 Å². The molecule has 2 saturated heterocycles. The summed E-state index contributed by atoms with van der Waals surface area (Å²) in [4.78, 5) is 12.5. The van der Waals surface area contributed by atoms with Gasteiger partial charge in [-0.15, -0.1) is 0 Å². The average Bonchev–Trinajstić information content (AvgIpc) is 2.79. The monoisotopic (exact) mass is 278 g/mol. The van der Waals surface area contributed by atoms with Crippen molar-refractivity contribution in [1.82, 2.24) is 0 Å². The molecule has 112 valence electrons. The normalized spacial score (nSPS) is 59.8. The molecule has 2 saturated carbocycles. The van der Waals surface area contributed by atoms with E-state index >= 15 is 0 Å². The first-order valence-corrected chi connectivity index (χ1v) is 8.22. The Morgan fingerprint density at radius 3 is 2.75 bits per heavy atom. The Labute approximate surface area is 121 Å². The molecule has 4 aliphatic rings. The van der Waals surface area contributed by atoms with Crippen LogP contribution < -0.4 is 0 Å². The van der Waals surface area contributed by atoms with Gasteiger partial charge in [-0.3, -0.25) is 4.79 Å². The summed E-state index contributed by atoms with van der Waals surface area (Å²) in [5.74, 6) is 2.12. The first-order valence-electron chi connectivity index (χ1n) is 8.22. The highest BCUT2D eigenvalue weighted by Crippen LogP contribution is 2.76. The quantitative estimate of drug-likeness (QED) is 0.844. The fraction of sp³-hybridized carbons (Fsp3) is 0.941. The molecule has 2 aliphatic heterocycles. The van der Waals surface area contributed by atoms with Gasteiger partial charge >= 0.3 is 0 Å². The lowest BCUT2D eigenvalue weighted by molar-refractivity contribution is -0.240. The molecule has 7 unspecified atom stereocenters. The zero-order valence-corrected chi connectivity index (χ0v) is 13.0. The van der Waals surface area contributed by atoms with Crippen molar-refractivity contribution >= 4 is 5.78 Å². The standard InChI is InChI=1S/C17H26O3/c1-9(2)7-16-8-12(18)15(4,20-16)14-11-6-5-10(3)13(11)17(14,16)19/h9-11,13-14,19H,5-8H2,1-4H3. The predicted molar refractivity (Wildman–Crippen MR) is 75.1 cm³/mol. The number of fused-ring (bicyclic) bond motifs is 8. The van der Waals surface area contributed by atoms with Crippen LogP contribution in [0.3, 0.4) is 0 Å². The van der Waals surface area contributed by atoms with Crippen LogP contribution >= 0.6 is 0 Å². The third-order valence-electron chi connectivity index (χ3n) is 6.91. The van der Waals surface area contributed by atoms with Crippen molar-refractivity contribution in [2.75, 3.05) is 0 Å². The van der Waals surface area contributed by atoms with Crippen molar-refractivity contribution < 1.29 is 14.6 Å². The van der Waals surface area contributed by atoms with Crippen molar-refractivity contribution in [1.29, 1.82) is 0 Å². The fourth-order valence-corrected chi connectivity index (χ4v) is 6.53. The molecule has 3 heteroatoms. The molecule has 0 aromatic rings. The molecule has 2 bridgehead atoms. The highest BCUT2D eigenvalue weighted by atomic mass is 16.6. The first kappa shape index (κ1) is 13.3. The SMILES string of the molecule is CC(C)CC12CC(=O)C(C)(O1)C1C3CCC(C)C3C12O. The third-order valence-corrected chi connectivity index (χ3v) is 6.91. The molecule has 0 radical (unpaired) electrons. The van der Waals surface area contributed by atoms with Crippen molar-refractivity contribution in [3.63, 3.8) is 0 Å². The van der Waals surface area contributed by atoms with Gasteiger partial charge in [0.25, 0.3) is 0 Å². The molecule has 2 heterocycles. The molecule has 2 aliphatic carbocycles. The van der Waals surface area contributed by atoms with Gasteiger partial charge in [0.1, 0.15) is 16.8 Å². The maximum atomic E-state index is 12.5. The van der Waals surface area contributed by atoms with Gasteiger partial charge < -0.3 is 9.84 Å². The summed E-state index contributed by atoms with van der Waals surface area (Å²) < 4.78 is 6.35. The molecule has 1 N–H and O–H groups in total. The average molecular weight is 278 g/mol. The van der Waals surface area contributed by atoms with E-state index in [0.29, 0.717) is 30.1 Å². The second-order valence-electron chi connectivity index (χ2n) is 8.45. The number of carbonyl (C=O) groups excluding carboxylic acids is 1. The summed E-state index contributed by atoms with van der Waals surface area (Å²) in [5, 5.41) is 11.6. The van der Waals surface area contributed by atoms with Gasteiger partial charge in [-0.25, -0.2) is 0 Å². The van der Waals surface area contributed by atoms with Gasteiger partial charge in [-0.2, -0.15) is 0 Å². The van der Waals surface area contributed by atoms with E-state index in [4.69, 9.17) is 4.74 Å². The van der Waals surface area contributed by atoms with Crippen LogP contribution in [0.1, 0.15) is 53.4 Å². The van der Waals surface area contributed by atoms with E-state index in [1.165, 1.54) is 6.42 Å². The lowest BCUT2D eigenvalue weighted by Gasteiger charge is -2.62. The van der Waals surface area contributed by atoms with E-state index in [0.717, 1.165) is 12.8 Å². The van der Waals surface area contributed by atoms with Gasteiger partial charge in [0.15, 0.2) is 5.78 Å². The zero-order chi connectivity index (χ0) is 14.5. The van der Waals surface area contributed by atoms with Crippen LogP contribution in [0.15, 0.2) is 0 Å². The Morgan fingerprint density at radius 2 is 2.10 bits per heavy atom. The topological polar surface area (TPSA) is 46.5 Å². The van der Waals surface area contributed by atoms with E-state index in [1.807, 2.05) is 6.92 Å². The Hall–Kier alpha value is -0.410. The molecule has 0 aromatic heterocycles. The molecule has 0 amide bonds. The van der Waals surface area contributed by atoms with Crippen LogP contribution in [0.2, 0.25) is 0 Å². The second-order valence-corrected chi connectivity index (χ2v) is 8.45. The molecule has 4 fully saturated rings. The van der Waals surface area contributed by atoms with Crippen molar-refractivity contribution in [2.24, 2.45) is 29.6 Å². The van der Waals surface area contributed by atoms with Gasteiger partial charge in [0, 0.05) is 12.3 Å². The Morgan fingerprint density at radius 1 is 1.40 bits per heavy atom. The largest absolute Gasteiger partial charge is 0.386 e. The van der Waals surface area contributed by atoms with E-state index in [2.05, 4.69) is 20.8 Å². The third kappa shape index (κ3) is 1.13. The summed E-state index contributed by atoms with van der Waals surface area (Å²) in [6, 6.07) is 0.